The summed E-state index contributed by atoms with van der Waals surface area (Å²) in [6, 6.07) is 0. The van der Waals surface area contributed by atoms with Gasteiger partial charge in [-0.15, -0.1) is 0 Å². The largest absolute Gasteiger partial charge is 0.388 e. The molecule has 1 aliphatic heterocycles. The lowest BCUT2D eigenvalue weighted by Crippen LogP contribution is -2.53. The lowest BCUT2D eigenvalue weighted by atomic mass is 10.1. The molecule has 5 nitrogen and oxygen atoms in total. The first-order valence-corrected chi connectivity index (χ1v) is 3.94. The Balaban J connectivity index is 2.46. The average Bonchev–Trinajstić information content (AvgIpc) is 2.07. The maximum atomic E-state index is 9.28. The van der Waals surface area contributed by atoms with Crippen molar-refractivity contribution in [2.24, 2.45) is 0 Å². The van der Waals surface area contributed by atoms with Gasteiger partial charge < -0.3 is 24.8 Å². The zero-order valence-corrected chi connectivity index (χ0v) is 6.88. The third-order valence-electron chi connectivity index (χ3n) is 1.79. The molecule has 0 amide bonds. The summed E-state index contributed by atoms with van der Waals surface area (Å²) < 4.78 is 9.90. The van der Waals surface area contributed by atoms with E-state index in [9.17, 15) is 10.2 Å². The fourth-order valence-corrected chi connectivity index (χ4v) is 1.09. The first kappa shape index (κ1) is 9.88. The van der Waals surface area contributed by atoms with Gasteiger partial charge in [0.15, 0.2) is 6.29 Å². The first-order valence-electron chi connectivity index (χ1n) is 3.94. The van der Waals surface area contributed by atoms with Crippen LogP contribution in [0.4, 0.5) is 0 Å². The van der Waals surface area contributed by atoms with Crippen molar-refractivity contribution < 1.29 is 24.8 Å². The van der Waals surface area contributed by atoms with E-state index in [-0.39, 0.29) is 6.61 Å². The Hall–Kier alpha value is -0.200. The predicted molar refractivity (Wildman–Crippen MR) is 39.4 cm³/mol. The van der Waals surface area contributed by atoms with E-state index in [1.165, 1.54) is 0 Å². The van der Waals surface area contributed by atoms with Crippen LogP contribution in [0, 0.1) is 0 Å². The second kappa shape index (κ2) is 4.15. The molecule has 0 aromatic rings. The summed E-state index contributed by atoms with van der Waals surface area (Å²) in [6.45, 7) is 2.14. The minimum atomic E-state index is -1.18. The van der Waals surface area contributed by atoms with Crippen LogP contribution < -0.4 is 0 Å². The molecule has 1 aliphatic rings. The summed E-state index contributed by atoms with van der Waals surface area (Å²) in [5, 5.41) is 27.5. The van der Waals surface area contributed by atoms with Crippen molar-refractivity contribution in [3.63, 3.8) is 0 Å². The van der Waals surface area contributed by atoms with E-state index in [1.54, 1.807) is 6.92 Å². The maximum Gasteiger partial charge on any atom is 0.186 e. The van der Waals surface area contributed by atoms with Gasteiger partial charge in [0.2, 0.25) is 0 Å². The Morgan fingerprint density at radius 2 is 2.00 bits per heavy atom. The maximum absolute atomic E-state index is 9.28. The molecule has 5 heteroatoms. The van der Waals surface area contributed by atoms with Crippen LogP contribution in [0.15, 0.2) is 0 Å². The van der Waals surface area contributed by atoms with Crippen LogP contribution >= 0.6 is 0 Å². The number of hydrogen-bond donors (Lipinski definition) is 3. The number of aliphatic hydroxyl groups is 3. The third-order valence-corrected chi connectivity index (χ3v) is 1.79. The quantitative estimate of drug-likeness (QED) is 0.477. The van der Waals surface area contributed by atoms with Crippen molar-refractivity contribution >= 4 is 0 Å². The zero-order chi connectivity index (χ0) is 9.14. The molecule has 0 spiro atoms. The van der Waals surface area contributed by atoms with Gasteiger partial charge in [0.25, 0.3) is 0 Å². The Morgan fingerprint density at radius 1 is 1.33 bits per heavy atom. The van der Waals surface area contributed by atoms with Crippen molar-refractivity contribution in [3.05, 3.63) is 0 Å². The van der Waals surface area contributed by atoms with Crippen LogP contribution in [0.5, 0.6) is 0 Å². The highest BCUT2D eigenvalue weighted by molar-refractivity contribution is 4.82. The molecular weight excluding hydrogens is 164 g/mol. The SMILES string of the molecule is CCOC1OC[C@@H](O)[C@@H](O)[C@H]1O. The summed E-state index contributed by atoms with van der Waals surface area (Å²) in [5.74, 6) is 0. The summed E-state index contributed by atoms with van der Waals surface area (Å²) in [5.41, 5.74) is 0. The van der Waals surface area contributed by atoms with Gasteiger partial charge in [-0.25, -0.2) is 0 Å². The second-order valence-electron chi connectivity index (χ2n) is 2.71. The smallest absolute Gasteiger partial charge is 0.186 e. The van der Waals surface area contributed by atoms with Crippen molar-refractivity contribution in [1.29, 1.82) is 0 Å². The first-order chi connectivity index (χ1) is 5.66. The van der Waals surface area contributed by atoms with Gasteiger partial charge in [-0.2, -0.15) is 0 Å². The van der Waals surface area contributed by atoms with E-state index < -0.39 is 24.6 Å². The molecule has 12 heavy (non-hydrogen) atoms. The van der Waals surface area contributed by atoms with E-state index >= 15 is 0 Å². The summed E-state index contributed by atoms with van der Waals surface area (Å²) in [4.78, 5) is 0. The molecule has 1 rings (SSSR count). The van der Waals surface area contributed by atoms with Gasteiger partial charge in [0.05, 0.1) is 6.61 Å². The molecule has 0 saturated carbocycles. The van der Waals surface area contributed by atoms with E-state index in [0.29, 0.717) is 6.61 Å². The summed E-state index contributed by atoms with van der Waals surface area (Å²) in [6.07, 6.45) is -4.21. The minimum Gasteiger partial charge on any atom is -0.388 e. The van der Waals surface area contributed by atoms with E-state index in [4.69, 9.17) is 14.6 Å². The average molecular weight is 178 g/mol. The molecule has 72 valence electrons. The van der Waals surface area contributed by atoms with Crippen LogP contribution in [0.25, 0.3) is 0 Å². The van der Waals surface area contributed by atoms with Crippen molar-refractivity contribution in [1.82, 2.24) is 0 Å². The van der Waals surface area contributed by atoms with Gasteiger partial charge in [0.1, 0.15) is 18.3 Å². The highest BCUT2D eigenvalue weighted by Crippen LogP contribution is 2.15. The molecule has 1 unspecified atom stereocenters. The Morgan fingerprint density at radius 3 is 2.58 bits per heavy atom. The molecule has 3 N–H and O–H groups in total. The molecule has 0 bridgehead atoms. The van der Waals surface area contributed by atoms with Crippen molar-refractivity contribution in [2.45, 2.75) is 31.5 Å². The molecular formula is C7H14O5. The van der Waals surface area contributed by atoms with Gasteiger partial charge in [-0.3, -0.25) is 0 Å². The monoisotopic (exact) mass is 178 g/mol. The van der Waals surface area contributed by atoms with Gasteiger partial charge in [0, 0.05) is 6.61 Å². The normalized spacial score (nSPS) is 43.0. The van der Waals surface area contributed by atoms with Gasteiger partial charge >= 0.3 is 0 Å². The summed E-state index contributed by atoms with van der Waals surface area (Å²) >= 11 is 0. The molecule has 0 aromatic carbocycles. The fraction of sp³-hybridized carbons (Fsp3) is 1.00. The standard InChI is InChI=1S/C7H14O5/c1-2-11-7-6(10)5(9)4(8)3-12-7/h4-10H,2-3H2,1H3/t4-,5-,6-,7?/m1/s1. The van der Waals surface area contributed by atoms with E-state index in [1.807, 2.05) is 0 Å². The van der Waals surface area contributed by atoms with Crippen LogP contribution in [-0.4, -0.2) is 53.1 Å². The number of rotatable bonds is 2. The number of hydrogen-bond acceptors (Lipinski definition) is 5. The molecule has 1 heterocycles. The lowest BCUT2D eigenvalue weighted by Gasteiger charge is -2.34. The second-order valence-corrected chi connectivity index (χ2v) is 2.71. The van der Waals surface area contributed by atoms with Gasteiger partial charge in [-0.1, -0.05) is 0 Å². The Bertz CT molecular complexity index is 140. The molecule has 1 saturated heterocycles. The lowest BCUT2D eigenvalue weighted by molar-refractivity contribution is -0.268. The van der Waals surface area contributed by atoms with E-state index in [2.05, 4.69) is 0 Å². The molecule has 0 radical (unpaired) electrons. The minimum absolute atomic E-state index is 0.0110. The third kappa shape index (κ3) is 1.94. The topological polar surface area (TPSA) is 79.2 Å². The van der Waals surface area contributed by atoms with Crippen molar-refractivity contribution in [2.75, 3.05) is 13.2 Å². The molecule has 4 atom stereocenters. The zero-order valence-electron chi connectivity index (χ0n) is 6.88. The van der Waals surface area contributed by atoms with E-state index in [0.717, 1.165) is 0 Å². The summed E-state index contributed by atoms with van der Waals surface area (Å²) in [7, 11) is 0. The highest BCUT2D eigenvalue weighted by Gasteiger charge is 2.37. The Labute approximate surface area is 70.5 Å². The highest BCUT2D eigenvalue weighted by atomic mass is 16.7. The fourth-order valence-electron chi connectivity index (χ4n) is 1.09. The van der Waals surface area contributed by atoms with Crippen LogP contribution in [-0.2, 0) is 9.47 Å². The number of aliphatic hydroxyl groups excluding tert-OH is 3. The van der Waals surface area contributed by atoms with Crippen LogP contribution in [0.1, 0.15) is 6.92 Å². The Kier molecular flexibility index (Phi) is 3.42. The van der Waals surface area contributed by atoms with Gasteiger partial charge in [-0.05, 0) is 6.92 Å². The van der Waals surface area contributed by atoms with Crippen molar-refractivity contribution in [3.8, 4) is 0 Å². The van der Waals surface area contributed by atoms with Crippen LogP contribution in [0.3, 0.4) is 0 Å². The molecule has 0 aromatic heterocycles. The number of ether oxygens (including phenoxy) is 2. The molecule has 0 aliphatic carbocycles. The molecule has 1 fully saturated rings. The predicted octanol–water partition coefficient (Wildman–Crippen LogP) is -1.54. The van der Waals surface area contributed by atoms with Crippen LogP contribution in [0.2, 0.25) is 0 Å².